The Hall–Kier alpha value is -5.13. The molecule has 2 aliphatic heterocycles. The number of ether oxygens (including phenoxy) is 2. The van der Waals surface area contributed by atoms with Crippen molar-refractivity contribution in [1.82, 2.24) is 24.9 Å². The van der Waals surface area contributed by atoms with Gasteiger partial charge < -0.3 is 14.4 Å². The molecule has 2 aromatic carbocycles. The van der Waals surface area contributed by atoms with E-state index in [1.54, 1.807) is 40.0 Å². The SMILES string of the molecule is O=C(c1ccc(-c2ccc(N3C[C@H](Cn4ccnn4)OC3=O)cc2F)cn1)C1CCN(C(=O)OCc2ccccc2)CC1. The molecule has 2 fully saturated rings. The summed E-state index contributed by atoms with van der Waals surface area (Å²) in [4.78, 5) is 45.3. The molecule has 2 aliphatic rings. The number of piperidine rings is 1. The number of amides is 2. The van der Waals surface area contributed by atoms with Crippen LogP contribution < -0.4 is 4.90 Å². The number of hydrogen-bond donors (Lipinski definition) is 0. The fourth-order valence-corrected chi connectivity index (χ4v) is 5.32. The summed E-state index contributed by atoms with van der Waals surface area (Å²) < 4.78 is 27.6. The van der Waals surface area contributed by atoms with Gasteiger partial charge in [0.1, 0.15) is 24.2 Å². The van der Waals surface area contributed by atoms with Crippen LogP contribution in [-0.2, 0) is 22.6 Å². The number of rotatable bonds is 8. The highest BCUT2D eigenvalue weighted by molar-refractivity contribution is 5.96. The van der Waals surface area contributed by atoms with Crippen molar-refractivity contribution < 1.29 is 28.2 Å². The number of halogens is 1. The van der Waals surface area contributed by atoms with E-state index in [1.165, 1.54) is 23.4 Å². The topological polar surface area (TPSA) is 120 Å². The van der Waals surface area contributed by atoms with Gasteiger partial charge in [0.2, 0.25) is 0 Å². The molecule has 0 spiro atoms. The van der Waals surface area contributed by atoms with Crippen LogP contribution in [0.2, 0.25) is 0 Å². The van der Waals surface area contributed by atoms with Crippen LogP contribution >= 0.6 is 0 Å². The number of anilines is 1. The Morgan fingerprint density at radius 1 is 1.05 bits per heavy atom. The van der Waals surface area contributed by atoms with Crippen molar-refractivity contribution >= 4 is 23.7 Å². The van der Waals surface area contributed by atoms with Crippen molar-refractivity contribution in [3.8, 4) is 11.1 Å². The number of aromatic nitrogens is 4. The zero-order valence-electron chi connectivity index (χ0n) is 23.2. The molecule has 0 saturated carbocycles. The first-order valence-electron chi connectivity index (χ1n) is 14.0. The number of carbonyl (C=O) groups is 3. The zero-order valence-corrected chi connectivity index (χ0v) is 23.2. The summed E-state index contributed by atoms with van der Waals surface area (Å²) in [6, 6.07) is 17.2. The predicted molar refractivity (Wildman–Crippen MR) is 153 cm³/mol. The Kier molecular flexibility index (Phi) is 8.07. The van der Waals surface area contributed by atoms with Crippen molar-refractivity contribution in [1.29, 1.82) is 0 Å². The molecule has 4 aromatic rings. The van der Waals surface area contributed by atoms with Crippen LogP contribution in [0.3, 0.4) is 0 Å². The highest BCUT2D eigenvalue weighted by atomic mass is 19.1. The molecule has 2 amide bonds. The van der Waals surface area contributed by atoms with Crippen molar-refractivity contribution in [3.63, 3.8) is 0 Å². The van der Waals surface area contributed by atoms with Gasteiger partial charge in [-0.2, -0.15) is 0 Å². The molecule has 0 radical (unpaired) electrons. The van der Waals surface area contributed by atoms with Gasteiger partial charge in [-0.15, -0.1) is 5.10 Å². The highest BCUT2D eigenvalue weighted by Crippen LogP contribution is 2.30. The van der Waals surface area contributed by atoms with E-state index < -0.39 is 24.1 Å². The standard InChI is InChI=1S/C31H29FN6O5/c32-27-16-24(38-19-25(43-31(38)41)18-37-15-12-34-35-37)7-8-26(27)23-6-9-28(33-17-23)29(39)22-10-13-36(14-11-22)30(40)42-20-21-4-2-1-3-5-21/h1-9,12,15-17,22,25H,10-11,13-14,18-20H2/t25-/m0/s1. The minimum Gasteiger partial charge on any atom is -0.445 e. The van der Waals surface area contributed by atoms with Gasteiger partial charge >= 0.3 is 12.2 Å². The maximum Gasteiger partial charge on any atom is 0.414 e. The Labute approximate surface area is 246 Å². The third-order valence-electron chi connectivity index (χ3n) is 7.66. The lowest BCUT2D eigenvalue weighted by Crippen LogP contribution is -2.40. The molecule has 12 heteroatoms. The van der Waals surface area contributed by atoms with Crippen LogP contribution in [0.5, 0.6) is 0 Å². The van der Waals surface area contributed by atoms with Crippen molar-refractivity contribution in [2.24, 2.45) is 5.92 Å². The number of hydrogen-bond acceptors (Lipinski definition) is 8. The largest absolute Gasteiger partial charge is 0.445 e. The third kappa shape index (κ3) is 6.37. The summed E-state index contributed by atoms with van der Waals surface area (Å²) in [7, 11) is 0. The number of benzene rings is 2. The normalized spacial score (nSPS) is 17.1. The molecule has 1 atom stereocenters. The lowest BCUT2D eigenvalue weighted by atomic mass is 9.90. The molecule has 6 rings (SSSR count). The average molecular weight is 585 g/mol. The van der Waals surface area contributed by atoms with E-state index in [0.717, 1.165) is 5.56 Å². The Balaban J connectivity index is 1.03. The summed E-state index contributed by atoms with van der Waals surface area (Å²) in [5.74, 6) is -0.897. The molecule has 2 saturated heterocycles. The van der Waals surface area contributed by atoms with Crippen molar-refractivity contribution in [2.75, 3.05) is 24.5 Å². The molecule has 0 aliphatic carbocycles. The van der Waals surface area contributed by atoms with Gasteiger partial charge in [0.15, 0.2) is 5.78 Å². The summed E-state index contributed by atoms with van der Waals surface area (Å²) in [5.41, 5.74) is 2.39. The van der Waals surface area contributed by atoms with E-state index in [4.69, 9.17) is 9.47 Å². The number of cyclic esters (lactones) is 1. The van der Waals surface area contributed by atoms with Crippen LogP contribution in [0, 0.1) is 11.7 Å². The smallest absolute Gasteiger partial charge is 0.414 e. The predicted octanol–water partition coefficient (Wildman–Crippen LogP) is 4.74. The minimum atomic E-state index is -0.559. The van der Waals surface area contributed by atoms with Crippen LogP contribution in [0.4, 0.5) is 19.7 Å². The molecule has 4 heterocycles. The van der Waals surface area contributed by atoms with Gasteiger partial charge in [0.05, 0.1) is 25.0 Å². The van der Waals surface area contributed by atoms with Gasteiger partial charge in [0, 0.05) is 42.5 Å². The van der Waals surface area contributed by atoms with Gasteiger partial charge in [-0.05, 0) is 42.7 Å². The van der Waals surface area contributed by atoms with Gasteiger partial charge in [-0.1, -0.05) is 41.6 Å². The number of pyridine rings is 1. The molecule has 11 nitrogen and oxygen atoms in total. The van der Waals surface area contributed by atoms with Crippen LogP contribution in [-0.4, -0.2) is 68.6 Å². The minimum absolute atomic E-state index is 0.104. The number of likely N-dealkylation sites (tertiary alicyclic amines) is 1. The Morgan fingerprint density at radius 3 is 2.56 bits per heavy atom. The Bertz CT molecular complexity index is 1590. The second kappa shape index (κ2) is 12.4. The maximum atomic E-state index is 15.2. The van der Waals surface area contributed by atoms with Gasteiger partial charge in [-0.25, -0.2) is 18.7 Å². The summed E-state index contributed by atoms with van der Waals surface area (Å²) >= 11 is 0. The molecule has 0 N–H and O–H groups in total. The summed E-state index contributed by atoms with van der Waals surface area (Å²) in [5, 5.41) is 7.62. The number of Topliss-reactive ketones (excluding diaryl/α,β-unsaturated/α-hetero) is 1. The number of ketones is 1. The van der Waals surface area contributed by atoms with E-state index in [-0.39, 0.29) is 24.9 Å². The van der Waals surface area contributed by atoms with E-state index in [1.807, 2.05) is 30.3 Å². The van der Waals surface area contributed by atoms with Crippen LogP contribution in [0.15, 0.2) is 79.3 Å². The van der Waals surface area contributed by atoms with Gasteiger partial charge in [0.25, 0.3) is 0 Å². The first-order chi connectivity index (χ1) is 20.9. The second-order valence-corrected chi connectivity index (χ2v) is 10.5. The van der Waals surface area contributed by atoms with Gasteiger partial charge in [-0.3, -0.25) is 14.7 Å². The molecule has 0 bridgehead atoms. The number of carbonyl (C=O) groups excluding carboxylic acids is 3. The van der Waals surface area contributed by atoms with Crippen LogP contribution in [0.1, 0.15) is 28.9 Å². The van der Waals surface area contributed by atoms with Crippen molar-refractivity contribution in [2.45, 2.75) is 32.1 Å². The summed E-state index contributed by atoms with van der Waals surface area (Å²) in [6.07, 6.45) is 4.32. The van der Waals surface area contributed by atoms with E-state index in [2.05, 4.69) is 15.3 Å². The molecule has 2 aromatic heterocycles. The highest BCUT2D eigenvalue weighted by Gasteiger charge is 2.33. The molecule has 0 unspecified atom stereocenters. The lowest BCUT2D eigenvalue weighted by molar-refractivity contribution is 0.0710. The van der Waals surface area contributed by atoms with Crippen molar-refractivity contribution in [3.05, 3.63) is 96.3 Å². The second-order valence-electron chi connectivity index (χ2n) is 10.5. The molecular weight excluding hydrogens is 555 g/mol. The number of nitrogens with zero attached hydrogens (tertiary/aromatic N) is 6. The fourth-order valence-electron chi connectivity index (χ4n) is 5.32. The summed E-state index contributed by atoms with van der Waals surface area (Å²) in [6.45, 7) is 1.65. The lowest BCUT2D eigenvalue weighted by Gasteiger charge is -2.30. The fraction of sp³-hybridized carbons (Fsp3) is 0.290. The zero-order chi connectivity index (χ0) is 29.8. The first kappa shape index (κ1) is 28.0. The van der Waals surface area contributed by atoms with E-state index >= 15 is 4.39 Å². The van der Waals surface area contributed by atoms with E-state index in [0.29, 0.717) is 55.0 Å². The van der Waals surface area contributed by atoms with Crippen LogP contribution in [0.25, 0.3) is 11.1 Å². The molecule has 220 valence electrons. The molecular formula is C31H29FN6O5. The van der Waals surface area contributed by atoms with E-state index in [9.17, 15) is 14.4 Å². The third-order valence-corrected chi connectivity index (χ3v) is 7.66. The quantitative estimate of drug-likeness (QED) is 0.273. The first-order valence-corrected chi connectivity index (χ1v) is 14.0. The molecule has 43 heavy (non-hydrogen) atoms. The maximum absolute atomic E-state index is 15.2. The monoisotopic (exact) mass is 584 g/mol. The Morgan fingerprint density at radius 2 is 1.86 bits per heavy atom. The average Bonchev–Trinajstić information content (AvgIpc) is 3.69.